The van der Waals surface area contributed by atoms with E-state index in [1.165, 1.54) is 24.2 Å². The van der Waals surface area contributed by atoms with E-state index in [0.29, 0.717) is 5.69 Å². The van der Waals surface area contributed by atoms with E-state index >= 15 is 0 Å². The third kappa shape index (κ3) is 1.78. The lowest BCUT2D eigenvalue weighted by molar-refractivity contribution is 0.393. The topological polar surface area (TPSA) is 52.8 Å². The van der Waals surface area contributed by atoms with Gasteiger partial charge in [0.05, 0.1) is 25.2 Å². The number of pyridine rings is 1. The summed E-state index contributed by atoms with van der Waals surface area (Å²) in [5.41, 5.74) is 0.911. The van der Waals surface area contributed by atoms with Crippen molar-refractivity contribution in [1.82, 2.24) is 20.0 Å². The maximum absolute atomic E-state index is 13.5. The average molecular weight is 208 g/mol. The molecule has 2 aromatic rings. The van der Waals surface area contributed by atoms with Gasteiger partial charge >= 0.3 is 0 Å². The van der Waals surface area contributed by atoms with E-state index < -0.39 is 5.82 Å². The quantitative estimate of drug-likeness (QED) is 0.742. The average Bonchev–Trinajstić information content (AvgIpc) is 2.64. The Morgan fingerprint density at radius 3 is 2.73 bits per heavy atom. The molecule has 6 heteroatoms. The molecule has 0 aromatic carbocycles. The van der Waals surface area contributed by atoms with Gasteiger partial charge in [-0.1, -0.05) is 0 Å². The van der Waals surface area contributed by atoms with Gasteiger partial charge < -0.3 is 4.74 Å². The maximum atomic E-state index is 13.5. The summed E-state index contributed by atoms with van der Waals surface area (Å²) in [5.74, 6) is -0.252. The number of hydrogen-bond donors (Lipinski definition) is 0. The Morgan fingerprint density at radius 2 is 2.20 bits per heavy atom. The fraction of sp³-hybridized carbons (Fsp3) is 0.222. The van der Waals surface area contributed by atoms with Crippen molar-refractivity contribution in [2.75, 3.05) is 7.11 Å². The normalized spacial score (nSPS) is 10.3. The van der Waals surface area contributed by atoms with Gasteiger partial charge in [-0.15, -0.1) is 4.80 Å². The molecule has 0 aliphatic carbocycles. The molecule has 0 aliphatic heterocycles. The highest BCUT2D eigenvalue weighted by atomic mass is 19.1. The van der Waals surface area contributed by atoms with Crippen LogP contribution in [0.4, 0.5) is 4.39 Å². The zero-order chi connectivity index (χ0) is 10.8. The number of nitrogens with zero attached hydrogens (tertiary/aromatic N) is 4. The van der Waals surface area contributed by atoms with Crippen molar-refractivity contribution < 1.29 is 9.13 Å². The monoisotopic (exact) mass is 208 g/mol. The lowest BCUT2D eigenvalue weighted by Gasteiger charge is -2.02. The molecule has 0 amide bonds. The Hall–Kier alpha value is -1.98. The summed E-state index contributed by atoms with van der Waals surface area (Å²) in [5, 5.41) is 7.87. The first-order valence-corrected chi connectivity index (χ1v) is 4.29. The molecule has 0 fully saturated rings. The number of ether oxygens (including phenoxy) is 1. The maximum Gasteiger partial charge on any atom is 0.216 e. The number of hydrogen-bond acceptors (Lipinski definition) is 4. The highest BCUT2D eigenvalue weighted by molar-refractivity contribution is 5.31. The molecule has 0 atom stereocenters. The van der Waals surface area contributed by atoms with E-state index in [9.17, 15) is 4.39 Å². The molecule has 2 heterocycles. The van der Waals surface area contributed by atoms with Crippen molar-refractivity contribution in [2.45, 2.75) is 6.92 Å². The summed E-state index contributed by atoms with van der Waals surface area (Å²) in [7, 11) is 1.43. The predicted octanol–water partition coefficient (Wildman–Crippen LogP) is 1.12. The fourth-order valence-corrected chi connectivity index (χ4v) is 1.12. The number of methoxy groups -OCH3 is 1. The van der Waals surface area contributed by atoms with Crippen molar-refractivity contribution >= 4 is 0 Å². The number of rotatable bonds is 2. The van der Waals surface area contributed by atoms with Crippen LogP contribution in [0.25, 0.3) is 5.69 Å². The standard InChI is InChI=1S/C9H9FN4O/c1-6-4-12-14(13-6)8-5-11-9(15-2)3-7(8)10/h3-5H,1-2H3. The first-order chi connectivity index (χ1) is 7.20. The molecule has 0 aliphatic rings. The van der Waals surface area contributed by atoms with E-state index in [4.69, 9.17) is 4.74 Å². The van der Waals surface area contributed by atoms with E-state index in [2.05, 4.69) is 15.2 Å². The molecular formula is C9H9FN4O. The van der Waals surface area contributed by atoms with Crippen LogP contribution in [-0.4, -0.2) is 27.1 Å². The van der Waals surface area contributed by atoms with Crippen molar-refractivity contribution in [3.8, 4) is 11.6 Å². The minimum atomic E-state index is -0.475. The summed E-state index contributed by atoms with van der Waals surface area (Å²) in [6.07, 6.45) is 2.87. The van der Waals surface area contributed by atoms with E-state index in [1.807, 2.05) is 0 Å². The number of aryl methyl sites for hydroxylation is 1. The van der Waals surface area contributed by atoms with Gasteiger partial charge in [-0.3, -0.25) is 0 Å². The van der Waals surface area contributed by atoms with Crippen LogP contribution in [0.15, 0.2) is 18.5 Å². The Balaban J connectivity index is 2.45. The van der Waals surface area contributed by atoms with Gasteiger partial charge in [-0.25, -0.2) is 9.37 Å². The lowest BCUT2D eigenvalue weighted by Crippen LogP contribution is -2.03. The molecule has 0 spiro atoms. The van der Waals surface area contributed by atoms with Crippen molar-refractivity contribution in [3.05, 3.63) is 30.0 Å². The van der Waals surface area contributed by atoms with Gasteiger partial charge in [-0.05, 0) is 6.92 Å². The summed E-state index contributed by atoms with van der Waals surface area (Å²) in [6, 6.07) is 1.19. The molecule has 0 unspecified atom stereocenters. The van der Waals surface area contributed by atoms with Crippen LogP contribution in [0.5, 0.6) is 5.88 Å². The predicted molar refractivity (Wildman–Crippen MR) is 50.4 cm³/mol. The van der Waals surface area contributed by atoms with Crippen LogP contribution in [0.3, 0.4) is 0 Å². The molecule has 0 saturated heterocycles. The van der Waals surface area contributed by atoms with Gasteiger partial charge in [0.25, 0.3) is 0 Å². The van der Waals surface area contributed by atoms with Crippen LogP contribution >= 0.6 is 0 Å². The second-order valence-electron chi connectivity index (χ2n) is 2.95. The smallest absolute Gasteiger partial charge is 0.216 e. The van der Waals surface area contributed by atoms with Gasteiger partial charge in [0.15, 0.2) is 5.82 Å². The molecule has 5 nitrogen and oxygen atoms in total. The van der Waals surface area contributed by atoms with Crippen molar-refractivity contribution in [3.63, 3.8) is 0 Å². The van der Waals surface area contributed by atoms with Crippen LogP contribution < -0.4 is 4.74 Å². The molecule has 0 N–H and O–H groups in total. The largest absolute Gasteiger partial charge is 0.481 e. The van der Waals surface area contributed by atoms with Gasteiger partial charge in [-0.2, -0.15) is 10.2 Å². The van der Waals surface area contributed by atoms with E-state index in [0.717, 1.165) is 0 Å². The minimum absolute atomic E-state index is 0.198. The zero-order valence-electron chi connectivity index (χ0n) is 8.31. The number of aromatic nitrogens is 4. The van der Waals surface area contributed by atoms with Gasteiger partial charge in [0.2, 0.25) is 5.88 Å². The second-order valence-corrected chi connectivity index (χ2v) is 2.95. The first-order valence-electron chi connectivity index (χ1n) is 4.29. The molecule has 2 rings (SSSR count). The van der Waals surface area contributed by atoms with Gasteiger partial charge in [0.1, 0.15) is 5.69 Å². The van der Waals surface area contributed by atoms with Crippen LogP contribution in [0, 0.1) is 12.7 Å². The van der Waals surface area contributed by atoms with Crippen molar-refractivity contribution in [1.29, 1.82) is 0 Å². The van der Waals surface area contributed by atoms with Crippen LogP contribution in [0.1, 0.15) is 5.69 Å². The molecule has 15 heavy (non-hydrogen) atoms. The second kappa shape index (κ2) is 3.64. The summed E-state index contributed by atoms with van der Waals surface area (Å²) >= 11 is 0. The molecular weight excluding hydrogens is 199 g/mol. The Bertz CT molecular complexity index is 483. The van der Waals surface area contributed by atoms with Gasteiger partial charge in [0, 0.05) is 6.07 Å². The highest BCUT2D eigenvalue weighted by Crippen LogP contribution is 2.14. The first kappa shape index (κ1) is 9.57. The molecule has 78 valence electrons. The Morgan fingerprint density at radius 1 is 1.40 bits per heavy atom. The fourth-order valence-electron chi connectivity index (χ4n) is 1.12. The molecule has 0 bridgehead atoms. The van der Waals surface area contributed by atoms with E-state index in [1.54, 1.807) is 13.1 Å². The summed E-state index contributed by atoms with van der Waals surface area (Å²) < 4.78 is 18.3. The highest BCUT2D eigenvalue weighted by Gasteiger charge is 2.08. The van der Waals surface area contributed by atoms with Crippen LogP contribution in [-0.2, 0) is 0 Å². The Kier molecular flexibility index (Phi) is 2.32. The number of halogens is 1. The van der Waals surface area contributed by atoms with Crippen LogP contribution in [0.2, 0.25) is 0 Å². The minimum Gasteiger partial charge on any atom is -0.481 e. The molecule has 2 aromatic heterocycles. The lowest BCUT2D eigenvalue weighted by atomic mass is 10.4. The third-order valence-electron chi connectivity index (χ3n) is 1.84. The summed E-state index contributed by atoms with van der Waals surface area (Å²) in [4.78, 5) is 5.07. The summed E-state index contributed by atoms with van der Waals surface area (Å²) in [6.45, 7) is 1.78. The Labute approximate surface area is 85.5 Å². The third-order valence-corrected chi connectivity index (χ3v) is 1.84. The zero-order valence-corrected chi connectivity index (χ0v) is 8.31. The SMILES string of the molecule is COc1cc(F)c(-n2ncc(C)n2)cn1. The van der Waals surface area contributed by atoms with E-state index in [-0.39, 0.29) is 11.6 Å². The molecule has 0 saturated carbocycles. The van der Waals surface area contributed by atoms with Crippen molar-refractivity contribution in [2.24, 2.45) is 0 Å². The molecule has 0 radical (unpaired) electrons.